The van der Waals surface area contributed by atoms with Gasteiger partial charge >= 0.3 is 0 Å². The van der Waals surface area contributed by atoms with Crippen LogP contribution in [0.5, 0.6) is 0 Å². The molecule has 0 aliphatic carbocycles. The average molecular weight is 262 g/mol. The van der Waals surface area contributed by atoms with Gasteiger partial charge in [0.1, 0.15) is 11.6 Å². The first-order valence-electron chi connectivity index (χ1n) is 6.07. The van der Waals surface area contributed by atoms with Crippen LogP contribution in [-0.2, 0) is 6.42 Å². The quantitative estimate of drug-likeness (QED) is 0.656. The maximum Gasteiger partial charge on any atom is 0.130 e. The molecule has 19 heavy (non-hydrogen) atoms. The molecule has 0 aromatic heterocycles. The first-order chi connectivity index (χ1) is 9.11. The maximum atomic E-state index is 13.7. The van der Waals surface area contributed by atoms with Gasteiger partial charge in [-0.2, -0.15) is 0 Å². The summed E-state index contributed by atoms with van der Waals surface area (Å²) in [6, 6.07) is 11.0. The number of nitrogens with two attached hydrogens (primary N) is 1. The molecule has 3 N–H and O–H groups in total. The van der Waals surface area contributed by atoms with Crippen molar-refractivity contribution in [2.75, 3.05) is 0 Å². The Morgan fingerprint density at radius 1 is 1.11 bits per heavy atom. The molecule has 2 nitrogen and oxygen atoms in total. The molecule has 0 aliphatic rings. The fourth-order valence-corrected chi connectivity index (χ4v) is 2.16. The Morgan fingerprint density at radius 2 is 1.74 bits per heavy atom. The van der Waals surface area contributed by atoms with Crippen molar-refractivity contribution in [3.05, 3.63) is 70.8 Å². The zero-order chi connectivity index (χ0) is 13.8. The standard InChI is InChI=1S/C15H16F2N2/c1-10-4-2-5-11(8-10)9-14(19-18)15-12(16)6-3-7-13(15)17/h2-8,14,19H,9,18H2,1H3. The van der Waals surface area contributed by atoms with E-state index in [1.807, 2.05) is 31.2 Å². The molecule has 2 aromatic carbocycles. The first kappa shape index (κ1) is 13.6. The van der Waals surface area contributed by atoms with Gasteiger partial charge < -0.3 is 0 Å². The third-order valence-corrected chi connectivity index (χ3v) is 3.07. The number of hydrogen-bond acceptors (Lipinski definition) is 2. The lowest BCUT2D eigenvalue weighted by Crippen LogP contribution is -2.31. The molecule has 2 aromatic rings. The zero-order valence-corrected chi connectivity index (χ0v) is 10.7. The molecule has 1 unspecified atom stereocenters. The molecule has 0 aliphatic heterocycles. The lowest BCUT2D eigenvalue weighted by Gasteiger charge is -2.18. The summed E-state index contributed by atoms with van der Waals surface area (Å²) in [5.74, 6) is 4.27. The minimum Gasteiger partial charge on any atom is -0.271 e. The van der Waals surface area contributed by atoms with Crippen LogP contribution in [0.25, 0.3) is 0 Å². The second-order valence-electron chi connectivity index (χ2n) is 4.55. The topological polar surface area (TPSA) is 38.0 Å². The molecular formula is C15H16F2N2. The third kappa shape index (κ3) is 3.16. The summed E-state index contributed by atoms with van der Waals surface area (Å²) in [5, 5.41) is 0. The normalized spacial score (nSPS) is 12.4. The molecule has 0 heterocycles. The Labute approximate surface area is 111 Å². The monoisotopic (exact) mass is 262 g/mol. The van der Waals surface area contributed by atoms with E-state index in [1.54, 1.807) is 0 Å². The highest BCUT2D eigenvalue weighted by atomic mass is 19.1. The molecule has 0 saturated carbocycles. The van der Waals surface area contributed by atoms with E-state index in [0.717, 1.165) is 11.1 Å². The fraction of sp³-hybridized carbons (Fsp3) is 0.200. The van der Waals surface area contributed by atoms with Crippen LogP contribution in [0.4, 0.5) is 8.78 Å². The van der Waals surface area contributed by atoms with Crippen LogP contribution in [0.3, 0.4) is 0 Å². The van der Waals surface area contributed by atoms with Crippen molar-refractivity contribution >= 4 is 0 Å². The summed E-state index contributed by atoms with van der Waals surface area (Å²) >= 11 is 0. The first-order valence-corrected chi connectivity index (χ1v) is 6.07. The summed E-state index contributed by atoms with van der Waals surface area (Å²) in [6.45, 7) is 1.97. The van der Waals surface area contributed by atoms with E-state index in [-0.39, 0.29) is 5.56 Å². The molecular weight excluding hydrogens is 246 g/mol. The predicted molar refractivity (Wildman–Crippen MR) is 71.3 cm³/mol. The number of benzene rings is 2. The van der Waals surface area contributed by atoms with Crippen LogP contribution in [-0.4, -0.2) is 0 Å². The van der Waals surface area contributed by atoms with Crippen LogP contribution in [0, 0.1) is 18.6 Å². The molecule has 0 radical (unpaired) electrons. The third-order valence-electron chi connectivity index (χ3n) is 3.07. The Morgan fingerprint density at radius 3 is 2.32 bits per heavy atom. The summed E-state index contributed by atoms with van der Waals surface area (Å²) in [6.07, 6.45) is 0.427. The van der Waals surface area contributed by atoms with Crippen molar-refractivity contribution in [1.82, 2.24) is 5.43 Å². The number of rotatable bonds is 4. The molecule has 0 spiro atoms. The minimum absolute atomic E-state index is 0.0218. The fourth-order valence-electron chi connectivity index (χ4n) is 2.16. The highest BCUT2D eigenvalue weighted by molar-refractivity contribution is 5.28. The van der Waals surface area contributed by atoms with Gasteiger partial charge in [0.25, 0.3) is 0 Å². The number of halogens is 2. The van der Waals surface area contributed by atoms with Crippen LogP contribution < -0.4 is 11.3 Å². The van der Waals surface area contributed by atoms with Gasteiger partial charge in [0.2, 0.25) is 0 Å². The SMILES string of the molecule is Cc1cccc(CC(NN)c2c(F)cccc2F)c1. The minimum atomic E-state index is -0.594. The van der Waals surface area contributed by atoms with Gasteiger partial charge in [-0.1, -0.05) is 35.9 Å². The molecule has 0 bridgehead atoms. The number of aryl methyl sites for hydroxylation is 1. The second-order valence-corrected chi connectivity index (χ2v) is 4.55. The number of hydrazine groups is 1. The molecule has 100 valence electrons. The van der Waals surface area contributed by atoms with Crippen molar-refractivity contribution in [1.29, 1.82) is 0 Å². The molecule has 4 heteroatoms. The summed E-state index contributed by atoms with van der Waals surface area (Å²) < 4.78 is 27.5. The summed E-state index contributed by atoms with van der Waals surface area (Å²) in [7, 11) is 0. The van der Waals surface area contributed by atoms with E-state index in [9.17, 15) is 8.78 Å². The van der Waals surface area contributed by atoms with Gasteiger partial charge in [0, 0.05) is 5.56 Å². The van der Waals surface area contributed by atoms with Crippen LogP contribution in [0.2, 0.25) is 0 Å². The van der Waals surface area contributed by atoms with Crippen LogP contribution >= 0.6 is 0 Å². The Balaban J connectivity index is 2.30. The van der Waals surface area contributed by atoms with Gasteiger partial charge in [-0.05, 0) is 31.0 Å². The summed E-state index contributed by atoms with van der Waals surface area (Å²) in [5.41, 5.74) is 4.54. The van der Waals surface area contributed by atoms with E-state index in [1.165, 1.54) is 18.2 Å². The Bertz CT molecular complexity index is 550. The Kier molecular flexibility index (Phi) is 4.24. The number of hydrogen-bond donors (Lipinski definition) is 2. The van der Waals surface area contributed by atoms with E-state index < -0.39 is 17.7 Å². The predicted octanol–water partition coefficient (Wildman–Crippen LogP) is 3.02. The van der Waals surface area contributed by atoms with Gasteiger partial charge in [-0.3, -0.25) is 11.3 Å². The van der Waals surface area contributed by atoms with Crippen LogP contribution in [0.15, 0.2) is 42.5 Å². The molecule has 0 saturated heterocycles. The lowest BCUT2D eigenvalue weighted by molar-refractivity contribution is 0.473. The lowest BCUT2D eigenvalue weighted by atomic mass is 9.97. The molecule has 1 atom stereocenters. The number of nitrogens with one attached hydrogen (secondary N) is 1. The second kappa shape index (κ2) is 5.91. The highest BCUT2D eigenvalue weighted by Gasteiger charge is 2.19. The highest BCUT2D eigenvalue weighted by Crippen LogP contribution is 2.23. The maximum absolute atomic E-state index is 13.7. The van der Waals surface area contributed by atoms with Gasteiger partial charge in [0.15, 0.2) is 0 Å². The van der Waals surface area contributed by atoms with Crippen molar-refractivity contribution in [3.63, 3.8) is 0 Å². The van der Waals surface area contributed by atoms with E-state index in [0.29, 0.717) is 6.42 Å². The average Bonchev–Trinajstić information content (AvgIpc) is 2.37. The van der Waals surface area contributed by atoms with Crippen molar-refractivity contribution in [2.24, 2.45) is 5.84 Å². The smallest absolute Gasteiger partial charge is 0.130 e. The Hall–Kier alpha value is -1.78. The van der Waals surface area contributed by atoms with Gasteiger partial charge in [-0.25, -0.2) is 8.78 Å². The van der Waals surface area contributed by atoms with E-state index in [4.69, 9.17) is 5.84 Å². The van der Waals surface area contributed by atoms with Gasteiger partial charge in [0.05, 0.1) is 6.04 Å². The van der Waals surface area contributed by atoms with Crippen molar-refractivity contribution < 1.29 is 8.78 Å². The molecule has 0 amide bonds. The zero-order valence-electron chi connectivity index (χ0n) is 10.7. The van der Waals surface area contributed by atoms with Crippen molar-refractivity contribution in [3.8, 4) is 0 Å². The van der Waals surface area contributed by atoms with E-state index >= 15 is 0 Å². The van der Waals surface area contributed by atoms with Crippen molar-refractivity contribution in [2.45, 2.75) is 19.4 Å². The van der Waals surface area contributed by atoms with E-state index in [2.05, 4.69) is 5.43 Å². The van der Waals surface area contributed by atoms with Gasteiger partial charge in [-0.15, -0.1) is 0 Å². The largest absolute Gasteiger partial charge is 0.271 e. The van der Waals surface area contributed by atoms with Crippen LogP contribution in [0.1, 0.15) is 22.7 Å². The molecule has 2 rings (SSSR count). The molecule has 0 fully saturated rings. The summed E-state index contributed by atoms with van der Waals surface area (Å²) in [4.78, 5) is 0.